The molecule has 0 spiro atoms. The van der Waals surface area contributed by atoms with Crippen LogP contribution in [0.5, 0.6) is 5.75 Å². The van der Waals surface area contributed by atoms with Crippen LogP contribution >= 0.6 is 0 Å². The molecule has 1 atom stereocenters. The van der Waals surface area contributed by atoms with Gasteiger partial charge in [-0.1, -0.05) is 12.5 Å². The van der Waals surface area contributed by atoms with Crippen LogP contribution < -0.4 is 24.4 Å². The van der Waals surface area contributed by atoms with Crippen LogP contribution in [0.4, 0.5) is 21.9 Å². The van der Waals surface area contributed by atoms with E-state index >= 15 is 0 Å². The van der Waals surface area contributed by atoms with E-state index in [0.29, 0.717) is 43.6 Å². The molecular formula is C29H40N4O9S2. The minimum atomic E-state index is -3.77. The number of likely N-dealkylation sites (N-methyl/N-ethyl adjacent to an activating group) is 1. The number of rotatable bonds is 13. The molecule has 2 aromatic carbocycles. The fourth-order valence-corrected chi connectivity index (χ4v) is 5.78. The molecule has 0 saturated heterocycles. The third kappa shape index (κ3) is 9.92. The monoisotopic (exact) mass is 652 g/mol. The van der Waals surface area contributed by atoms with Gasteiger partial charge in [-0.25, -0.2) is 26.4 Å². The van der Waals surface area contributed by atoms with E-state index in [1.54, 1.807) is 12.1 Å². The number of hydrogen-bond donors (Lipinski definition) is 3. The molecule has 1 saturated carbocycles. The van der Waals surface area contributed by atoms with E-state index in [9.17, 15) is 31.2 Å². The highest BCUT2D eigenvalue weighted by Crippen LogP contribution is 2.36. The zero-order valence-electron chi connectivity index (χ0n) is 25.6. The number of hydrogen-bond acceptors (Lipinski definition) is 10. The number of Topliss-reactive ketones (excluding diaryl/α,β-unsaturated/α-hetero) is 1. The summed E-state index contributed by atoms with van der Waals surface area (Å²) in [6, 6.07) is 9.67. The second-order valence-electron chi connectivity index (χ2n) is 11.0. The summed E-state index contributed by atoms with van der Waals surface area (Å²) in [5.41, 5.74) is 1.20. The number of benzene rings is 2. The molecule has 44 heavy (non-hydrogen) atoms. The molecule has 1 aliphatic carbocycles. The Morgan fingerprint density at radius 2 is 1.73 bits per heavy atom. The van der Waals surface area contributed by atoms with Gasteiger partial charge in [0.15, 0.2) is 5.75 Å². The molecular weight excluding hydrogens is 612 g/mol. The third-order valence-corrected chi connectivity index (χ3v) is 8.57. The van der Waals surface area contributed by atoms with Gasteiger partial charge in [0.25, 0.3) is 0 Å². The lowest BCUT2D eigenvalue weighted by Gasteiger charge is -2.29. The Morgan fingerprint density at radius 1 is 1.00 bits per heavy atom. The van der Waals surface area contributed by atoms with Crippen molar-refractivity contribution in [2.75, 3.05) is 47.1 Å². The van der Waals surface area contributed by atoms with Gasteiger partial charge in [0.1, 0.15) is 17.8 Å². The maximum Gasteiger partial charge on any atom is 0.411 e. The Hall–Kier alpha value is -3.69. The van der Waals surface area contributed by atoms with Crippen molar-refractivity contribution in [2.45, 2.75) is 53.1 Å². The standard InChI is InChI=1S/C29H40N4O9S2/c1-6-33(16-15-30-43(4,37)38)22-11-12-23(20(2)17-22)31-28(36)41-19-21-10-13-25(24(18-21)32-44(5,39)40)42-27(35)29(3)14-8-7-9-26(29)34/h10-13,17-18,30,32H,6-9,14-16,19H2,1-5H3,(H,31,36). The van der Waals surface area contributed by atoms with E-state index in [4.69, 9.17) is 9.47 Å². The molecule has 1 unspecified atom stereocenters. The number of aryl methyl sites for hydroxylation is 1. The highest BCUT2D eigenvalue weighted by Gasteiger charge is 2.44. The van der Waals surface area contributed by atoms with Gasteiger partial charge in [0.2, 0.25) is 20.0 Å². The van der Waals surface area contributed by atoms with Gasteiger partial charge in [-0.3, -0.25) is 19.6 Å². The fourth-order valence-electron chi connectivity index (χ4n) is 4.76. The fraction of sp³-hybridized carbons (Fsp3) is 0.483. The number of amides is 1. The molecule has 242 valence electrons. The van der Waals surface area contributed by atoms with Crippen molar-refractivity contribution in [3.8, 4) is 5.75 Å². The van der Waals surface area contributed by atoms with E-state index in [0.717, 1.165) is 23.8 Å². The second kappa shape index (κ2) is 14.4. The van der Waals surface area contributed by atoms with Gasteiger partial charge >= 0.3 is 12.1 Å². The molecule has 3 rings (SSSR count). The lowest BCUT2D eigenvalue weighted by Crippen LogP contribution is -2.41. The molecule has 3 N–H and O–H groups in total. The number of carbonyl (C=O) groups is 3. The van der Waals surface area contributed by atoms with Crippen LogP contribution in [0.15, 0.2) is 36.4 Å². The molecule has 1 aliphatic rings. The summed E-state index contributed by atoms with van der Waals surface area (Å²) >= 11 is 0. The quantitative estimate of drug-likeness (QED) is 0.165. The number of anilines is 3. The number of carbonyl (C=O) groups excluding carboxylic acids is 3. The van der Waals surface area contributed by atoms with E-state index < -0.39 is 37.5 Å². The highest BCUT2D eigenvalue weighted by molar-refractivity contribution is 7.92. The number of ketones is 1. The summed E-state index contributed by atoms with van der Waals surface area (Å²) in [5, 5.41) is 2.68. The Bertz CT molecular complexity index is 1610. The lowest BCUT2D eigenvalue weighted by atomic mass is 9.74. The minimum absolute atomic E-state index is 0.0344. The molecule has 1 amide bonds. The van der Waals surface area contributed by atoms with Gasteiger partial charge < -0.3 is 14.4 Å². The summed E-state index contributed by atoms with van der Waals surface area (Å²) < 4.78 is 62.4. The van der Waals surface area contributed by atoms with Gasteiger partial charge in [0.05, 0.1) is 18.2 Å². The van der Waals surface area contributed by atoms with Crippen molar-refractivity contribution in [2.24, 2.45) is 5.41 Å². The molecule has 13 nitrogen and oxygen atoms in total. The minimum Gasteiger partial charge on any atom is -0.444 e. The van der Waals surface area contributed by atoms with E-state index in [-0.39, 0.29) is 36.8 Å². The van der Waals surface area contributed by atoms with Crippen LogP contribution in [-0.2, 0) is 41.0 Å². The molecule has 0 aliphatic heterocycles. The molecule has 0 radical (unpaired) electrons. The predicted octanol–water partition coefficient (Wildman–Crippen LogP) is 3.55. The number of nitrogens with zero attached hydrogens (tertiary/aromatic N) is 1. The zero-order chi connectivity index (χ0) is 32.7. The predicted molar refractivity (Wildman–Crippen MR) is 168 cm³/mol. The first-order valence-corrected chi connectivity index (χ1v) is 17.9. The normalized spacial score (nSPS) is 17.1. The SMILES string of the molecule is CCN(CCNS(C)(=O)=O)c1ccc(NC(=O)OCc2ccc(OC(=O)C3(C)CCCCC3=O)c(NS(C)(=O)=O)c2)c(C)c1. The molecule has 0 heterocycles. The van der Waals surface area contributed by atoms with E-state index in [1.165, 1.54) is 25.1 Å². The first-order chi connectivity index (χ1) is 20.5. The zero-order valence-corrected chi connectivity index (χ0v) is 27.2. The number of esters is 1. The van der Waals surface area contributed by atoms with E-state index in [1.807, 2.05) is 24.8 Å². The van der Waals surface area contributed by atoms with Crippen LogP contribution in [0.3, 0.4) is 0 Å². The summed E-state index contributed by atoms with van der Waals surface area (Å²) in [4.78, 5) is 40.0. The van der Waals surface area contributed by atoms with Crippen molar-refractivity contribution in [1.82, 2.24) is 4.72 Å². The number of ether oxygens (including phenoxy) is 2. The molecule has 15 heteroatoms. The van der Waals surface area contributed by atoms with Gasteiger partial charge in [-0.05, 0) is 75.1 Å². The van der Waals surface area contributed by atoms with Crippen LogP contribution in [-0.4, -0.2) is 66.8 Å². The summed E-state index contributed by atoms with van der Waals surface area (Å²) in [6.45, 7) is 6.44. The highest BCUT2D eigenvalue weighted by atomic mass is 32.2. The Kier molecular flexibility index (Phi) is 11.4. The van der Waals surface area contributed by atoms with Crippen molar-refractivity contribution in [1.29, 1.82) is 0 Å². The topological polar surface area (TPSA) is 177 Å². The first-order valence-electron chi connectivity index (χ1n) is 14.1. The average Bonchev–Trinajstić information content (AvgIpc) is 2.92. The maximum absolute atomic E-state index is 13.0. The number of sulfonamides is 2. The Labute approximate surface area is 258 Å². The van der Waals surface area contributed by atoms with Crippen LogP contribution in [0.2, 0.25) is 0 Å². The summed E-state index contributed by atoms with van der Waals surface area (Å²) in [7, 11) is -7.06. The number of nitrogens with one attached hydrogen (secondary N) is 3. The van der Waals surface area contributed by atoms with Crippen molar-refractivity contribution < 1.29 is 40.7 Å². The van der Waals surface area contributed by atoms with Gasteiger partial charge in [0, 0.05) is 37.4 Å². The second-order valence-corrected chi connectivity index (χ2v) is 14.6. The molecule has 0 bridgehead atoms. The van der Waals surface area contributed by atoms with Crippen molar-refractivity contribution in [3.63, 3.8) is 0 Å². The lowest BCUT2D eigenvalue weighted by molar-refractivity contribution is -0.153. The smallest absolute Gasteiger partial charge is 0.411 e. The largest absolute Gasteiger partial charge is 0.444 e. The van der Waals surface area contributed by atoms with Crippen molar-refractivity contribution >= 4 is 55.0 Å². The maximum atomic E-state index is 13.0. The van der Waals surface area contributed by atoms with E-state index in [2.05, 4.69) is 14.8 Å². The molecule has 0 aromatic heterocycles. The van der Waals surface area contributed by atoms with Crippen LogP contribution in [0, 0.1) is 12.3 Å². The first kappa shape index (κ1) is 34.8. The Morgan fingerprint density at radius 3 is 2.34 bits per heavy atom. The van der Waals surface area contributed by atoms with Crippen LogP contribution in [0.25, 0.3) is 0 Å². The van der Waals surface area contributed by atoms with Crippen molar-refractivity contribution in [3.05, 3.63) is 47.5 Å². The average molecular weight is 653 g/mol. The molecule has 1 fully saturated rings. The summed E-state index contributed by atoms with van der Waals surface area (Å²) in [5.74, 6) is -1.04. The molecule has 2 aromatic rings. The van der Waals surface area contributed by atoms with Gasteiger partial charge in [-0.15, -0.1) is 0 Å². The van der Waals surface area contributed by atoms with Crippen LogP contribution in [0.1, 0.15) is 50.7 Å². The summed E-state index contributed by atoms with van der Waals surface area (Å²) in [6.07, 6.45) is 3.35. The Balaban J connectivity index is 1.66. The van der Waals surface area contributed by atoms with Gasteiger partial charge in [-0.2, -0.15) is 0 Å². The third-order valence-electron chi connectivity index (χ3n) is 7.25.